The van der Waals surface area contributed by atoms with Crippen LogP contribution in [-0.2, 0) is 0 Å². The van der Waals surface area contributed by atoms with Gasteiger partial charge in [-0.1, -0.05) is 40.2 Å². The van der Waals surface area contributed by atoms with Crippen molar-refractivity contribution in [3.63, 3.8) is 0 Å². The molecule has 2 heteroatoms. The Morgan fingerprint density at radius 2 is 2.21 bits per heavy atom. The number of carbonyl (C=O) groups is 1. The lowest BCUT2D eigenvalue weighted by atomic mass is 10.1. The van der Waals surface area contributed by atoms with Gasteiger partial charge in [0.2, 0.25) is 0 Å². The van der Waals surface area contributed by atoms with Crippen molar-refractivity contribution in [1.82, 2.24) is 0 Å². The van der Waals surface area contributed by atoms with Crippen LogP contribution in [0.15, 0.2) is 24.3 Å². The third-order valence-corrected chi connectivity index (χ3v) is 2.47. The van der Waals surface area contributed by atoms with E-state index in [1.165, 1.54) is 5.56 Å². The van der Waals surface area contributed by atoms with Crippen molar-refractivity contribution in [3.05, 3.63) is 41.0 Å². The zero-order valence-corrected chi connectivity index (χ0v) is 9.75. The molecule has 0 amide bonds. The molecule has 0 aliphatic carbocycles. The molecule has 0 saturated carbocycles. The highest BCUT2D eigenvalue weighted by molar-refractivity contribution is 9.09. The van der Waals surface area contributed by atoms with Crippen molar-refractivity contribution >= 4 is 28.3 Å². The van der Waals surface area contributed by atoms with Crippen LogP contribution in [0.2, 0.25) is 0 Å². The molecule has 0 atom stereocenters. The van der Waals surface area contributed by atoms with E-state index in [1.54, 1.807) is 0 Å². The molecule has 0 fully saturated rings. The Hall–Kier alpha value is -0.890. The van der Waals surface area contributed by atoms with Gasteiger partial charge in [0.05, 0.1) is 0 Å². The summed E-state index contributed by atoms with van der Waals surface area (Å²) in [4.78, 5) is 10.6. The van der Waals surface area contributed by atoms with Crippen molar-refractivity contribution in [2.45, 2.75) is 13.3 Å². The predicted molar refractivity (Wildman–Crippen MR) is 64.0 cm³/mol. The third-order valence-electron chi connectivity index (χ3n) is 2.01. The summed E-state index contributed by atoms with van der Waals surface area (Å²) in [6, 6.07) is 5.72. The van der Waals surface area contributed by atoms with Crippen LogP contribution in [-0.4, -0.2) is 11.6 Å². The fraction of sp³-hybridized carbons (Fsp3) is 0.250. The molecule has 1 nitrogen and oxygen atoms in total. The van der Waals surface area contributed by atoms with Crippen LogP contribution in [0.4, 0.5) is 0 Å². The Kier molecular flexibility index (Phi) is 4.60. The number of aldehydes is 1. The molecule has 0 aliphatic rings. The minimum Gasteiger partial charge on any atom is -0.298 e. The number of carbonyl (C=O) groups excluding carboxylic acids is 1. The van der Waals surface area contributed by atoms with E-state index in [-0.39, 0.29) is 0 Å². The summed E-state index contributed by atoms with van der Waals surface area (Å²) in [6.45, 7) is 2.04. The largest absolute Gasteiger partial charge is 0.298 e. The molecule has 0 heterocycles. The van der Waals surface area contributed by atoms with E-state index in [1.807, 2.05) is 25.1 Å². The highest BCUT2D eigenvalue weighted by atomic mass is 79.9. The lowest BCUT2D eigenvalue weighted by Gasteiger charge is -2.00. The molecule has 14 heavy (non-hydrogen) atoms. The number of halogens is 1. The third kappa shape index (κ3) is 3.11. The number of rotatable bonds is 4. The number of aryl methyl sites for hydroxylation is 1. The molecule has 0 bridgehead atoms. The first-order valence-electron chi connectivity index (χ1n) is 4.56. The minimum atomic E-state index is 0.731. The number of benzene rings is 1. The highest BCUT2D eigenvalue weighted by Gasteiger charge is 1.95. The fourth-order valence-corrected chi connectivity index (χ4v) is 1.45. The SMILES string of the molecule is Cc1ccc(C=O)cc1C=CCCBr. The molecule has 0 radical (unpaired) electrons. The molecule has 0 saturated heterocycles. The molecule has 0 N–H and O–H groups in total. The van der Waals surface area contributed by atoms with Crippen molar-refractivity contribution in [3.8, 4) is 0 Å². The number of hydrogen-bond acceptors (Lipinski definition) is 1. The highest BCUT2D eigenvalue weighted by Crippen LogP contribution is 2.12. The van der Waals surface area contributed by atoms with Crippen LogP contribution in [0.5, 0.6) is 0 Å². The van der Waals surface area contributed by atoms with Gasteiger partial charge in [0.25, 0.3) is 0 Å². The Labute approximate surface area is 93.0 Å². The van der Waals surface area contributed by atoms with Gasteiger partial charge < -0.3 is 0 Å². The second-order valence-corrected chi connectivity index (χ2v) is 3.91. The second-order valence-electron chi connectivity index (χ2n) is 3.11. The molecule has 0 aromatic heterocycles. The molecule has 0 aliphatic heterocycles. The van der Waals surface area contributed by atoms with E-state index < -0.39 is 0 Å². The van der Waals surface area contributed by atoms with Crippen molar-refractivity contribution in [2.24, 2.45) is 0 Å². The average Bonchev–Trinajstić information content (AvgIpc) is 2.21. The number of allylic oxidation sites excluding steroid dienone is 1. The normalized spacial score (nSPS) is 10.7. The summed E-state index contributed by atoms with van der Waals surface area (Å²) in [6.07, 6.45) is 6.04. The van der Waals surface area contributed by atoms with Gasteiger partial charge in [-0.3, -0.25) is 4.79 Å². The molecule has 1 aromatic carbocycles. The fourth-order valence-electron chi connectivity index (χ4n) is 1.19. The van der Waals surface area contributed by atoms with Gasteiger partial charge >= 0.3 is 0 Å². The molecule has 1 aromatic rings. The lowest BCUT2D eigenvalue weighted by molar-refractivity contribution is 0.112. The number of alkyl halides is 1. The van der Waals surface area contributed by atoms with E-state index in [4.69, 9.17) is 0 Å². The van der Waals surface area contributed by atoms with Gasteiger partial charge in [0, 0.05) is 10.9 Å². The van der Waals surface area contributed by atoms with E-state index in [0.29, 0.717) is 0 Å². The van der Waals surface area contributed by atoms with Crippen molar-refractivity contribution in [1.29, 1.82) is 0 Å². The van der Waals surface area contributed by atoms with Crippen LogP contribution in [0.1, 0.15) is 27.9 Å². The Morgan fingerprint density at radius 1 is 1.43 bits per heavy atom. The van der Waals surface area contributed by atoms with Gasteiger partial charge in [0.1, 0.15) is 6.29 Å². The summed E-state index contributed by atoms with van der Waals surface area (Å²) >= 11 is 3.36. The van der Waals surface area contributed by atoms with Crippen molar-refractivity contribution < 1.29 is 4.79 Å². The molecule has 0 unspecified atom stereocenters. The lowest BCUT2D eigenvalue weighted by Crippen LogP contribution is -1.85. The van der Waals surface area contributed by atoms with Crippen LogP contribution in [0, 0.1) is 6.92 Å². The van der Waals surface area contributed by atoms with Gasteiger partial charge in [-0.25, -0.2) is 0 Å². The predicted octanol–water partition coefficient (Wildman–Crippen LogP) is 3.61. The van der Waals surface area contributed by atoms with Crippen LogP contribution >= 0.6 is 15.9 Å². The van der Waals surface area contributed by atoms with Crippen LogP contribution in [0.25, 0.3) is 6.08 Å². The zero-order valence-electron chi connectivity index (χ0n) is 8.16. The van der Waals surface area contributed by atoms with Gasteiger partial charge in [-0.2, -0.15) is 0 Å². The first-order valence-corrected chi connectivity index (χ1v) is 5.68. The maximum Gasteiger partial charge on any atom is 0.150 e. The smallest absolute Gasteiger partial charge is 0.150 e. The first-order chi connectivity index (χ1) is 6.77. The maximum absolute atomic E-state index is 10.6. The summed E-state index contributed by atoms with van der Waals surface area (Å²) in [7, 11) is 0. The Morgan fingerprint density at radius 3 is 2.86 bits per heavy atom. The molecule has 0 spiro atoms. The quantitative estimate of drug-likeness (QED) is 0.591. The minimum absolute atomic E-state index is 0.731. The molecule has 74 valence electrons. The van der Waals surface area contributed by atoms with E-state index in [2.05, 4.69) is 28.1 Å². The monoisotopic (exact) mass is 252 g/mol. The standard InChI is InChI=1S/C12H13BrO/c1-10-5-6-11(9-14)8-12(10)4-2-3-7-13/h2,4-6,8-9H,3,7H2,1H3. The summed E-state index contributed by atoms with van der Waals surface area (Å²) in [5.41, 5.74) is 3.05. The summed E-state index contributed by atoms with van der Waals surface area (Å²) in [5, 5.41) is 0.968. The first kappa shape index (κ1) is 11.2. The maximum atomic E-state index is 10.6. The second kappa shape index (κ2) is 5.76. The van der Waals surface area contributed by atoms with Gasteiger partial charge in [-0.15, -0.1) is 0 Å². The molecular weight excluding hydrogens is 240 g/mol. The van der Waals surface area contributed by atoms with Gasteiger partial charge in [-0.05, 0) is 30.5 Å². The van der Waals surface area contributed by atoms with Crippen LogP contribution in [0.3, 0.4) is 0 Å². The van der Waals surface area contributed by atoms with E-state index >= 15 is 0 Å². The molecular formula is C12H13BrO. The Bertz CT molecular complexity index is 342. The Balaban J connectivity index is 2.89. The summed E-state index contributed by atoms with van der Waals surface area (Å²) in [5.74, 6) is 0. The van der Waals surface area contributed by atoms with E-state index in [9.17, 15) is 4.79 Å². The van der Waals surface area contributed by atoms with Gasteiger partial charge in [0.15, 0.2) is 0 Å². The molecule has 1 rings (SSSR count). The average molecular weight is 253 g/mol. The summed E-state index contributed by atoms with van der Waals surface area (Å²) < 4.78 is 0. The van der Waals surface area contributed by atoms with E-state index in [0.717, 1.165) is 29.2 Å². The number of hydrogen-bond donors (Lipinski definition) is 0. The topological polar surface area (TPSA) is 17.1 Å². The zero-order chi connectivity index (χ0) is 10.4. The van der Waals surface area contributed by atoms with Crippen LogP contribution < -0.4 is 0 Å². The van der Waals surface area contributed by atoms with Crippen molar-refractivity contribution in [2.75, 3.05) is 5.33 Å².